The Morgan fingerprint density at radius 1 is 0.968 bits per heavy atom. The van der Waals surface area contributed by atoms with E-state index in [1.807, 2.05) is 73.7 Å². The number of amides is 1. The summed E-state index contributed by atoms with van der Waals surface area (Å²) in [5.41, 5.74) is 1.14. The van der Waals surface area contributed by atoms with Crippen LogP contribution in [0.1, 0.15) is 18.8 Å². The van der Waals surface area contributed by atoms with Crippen molar-refractivity contribution in [2.45, 2.75) is 13.0 Å². The Labute approximate surface area is 180 Å². The van der Waals surface area contributed by atoms with E-state index in [9.17, 15) is 9.59 Å². The van der Waals surface area contributed by atoms with Crippen LogP contribution < -0.4 is 10.3 Å². The summed E-state index contributed by atoms with van der Waals surface area (Å²) in [4.78, 5) is 32.5. The first kappa shape index (κ1) is 20.3. The highest BCUT2D eigenvalue weighted by molar-refractivity contribution is 5.79. The van der Waals surface area contributed by atoms with Gasteiger partial charge in [0.2, 0.25) is 0 Å². The molecule has 0 aliphatic rings. The normalized spacial score (nSPS) is 11.8. The van der Waals surface area contributed by atoms with Crippen LogP contribution in [-0.4, -0.2) is 34.0 Å². The Bertz CT molecular complexity index is 1250. The molecule has 0 fully saturated rings. The Morgan fingerprint density at radius 2 is 1.58 bits per heavy atom. The number of rotatable bonds is 6. The van der Waals surface area contributed by atoms with Gasteiger partial charge in [-0.15, -0.1) is 0 Å². The lowest BCUT2D eigenvalue weighted by Crippen LogP contribution is -2.37. The van der Waals surface area contributed by atoms with Crippen LogP contribution >= 0.6 is 0 Å². The lowest BCUT2D eigenvalue weighted by Gasteiger charge is -2.27. The van der Waals surface area contributed by atoms with Crippen LogP contribution in [0.2, 0.25) is 0 Å². The molecule has 3 aromatic carbocycles. The van der Waals surface area contributed by atoms with E-state index >= 15 is 0 Å². The third kappa shape index (κ3) is 4.19. The van der Waals surface area contributed by atoms with Crippen LogP contribution in [0.5, 0.6) is 5.75 Å². The zero-order valence-electron chi connectivity index (χ0n) is 17.4. The third-order valence-electron chi connectivity index (χ3n) is 5.27. The lowest BCUT2D eigenvalue weighted by atomic mass is 10.2. The van der Waals surface area contributed by atoms with E-state index in [2.05, 4.69) is 0 Å². The molecule has 4 rings (SSSR count). The minimum absolute atomic E-state index is 0.103. The molecule has 0 aliphatic heterocycles. The lowest BCUT2D eigenvalue weighted by molar-refractivity contribution is -0.134. The highest BCUT2D eigenvalue weighted by Crippen LogP contribution is 2.22. The molecule has 1 atom stereocenters. The second kappa shape index (κ2) is 8.83. The number of nitrogens with zero attached hydrogens (tertiary/aromatic N) is 3. The summed E-state index contributed by atoms with van der Waals surface area (Å²) in [6.45, 7) is 1.75. The molecule has 1 amide bonds. The number of hydrogen-bond donors (Lipinski definition) is 0. The van der Waals surface area contributed by atoms with Gasteiger partial charge in [-0.25, -0.2) is 4.98 Å². The first-order valence-electron chi connectivity index (χ1n) is 10.1. The van der Waals surface area contributed by atoms with Gasteiger partial charge in [-0.3, -0.25) is 14.2 Å². The number of aromatic nitrogens is 2. The molecule has 31 heavy (non-hydrogen) atoms. The van der Waals surface area contributed by atoms with Crippen molar-refractivity contribution in [1.82, 2.24) is 14.5 Å². The summed E-state index contributed by atoms with van der Waals surface area (Å²) < 4.78 is 7.18. The number of ether oxygens (including phenoxy) is 1. The molecule has 4 aromatic rings. The van der Waals surface area contributed by atoms with Crippen molar-refractivity contribution in [3.8, 4) is 11.4 Å². The standard InChI is InChI=1S/C25H23N3O3/c1-18(27(2)23(29)17-31-20-13-7-4-8-14-20)24-26-22-16-10-9-15-21(22)25(30)28(24)19-11-5-3-6-12-19/h3-16,18H,17H2,1-2H3. The summed E-state index contributed by atoms with van der Waals surface area (Å²) in [6.07, 6.45) is 0. The van der Waals surface area contributed by atoms with Crippen molar-refractivity contribution in [3.63, 3.8) is 0 Å². The first-order chi connectivity index (χ1) is 15.1. The molecule has 1 aromatic heterocycles. The van der Waals surface area contributed by atoms with Crippen molar-refractivity contribution < 1.29 is 9.53 Å². The molecule has 1 heterocycles. The fraction of sp³-hybridized carbons (Fsp3) is 0.160. The van der Waals surface area contributed by atoms with E-state index < -0.39 is 6.04 Å². The van der Waals surface area contributed by atoms with Crippen LogP contribution in [0.25, 0.3) is 16.6 Å². The summed E-state index contributed by atoms with van der Waals surface area (Å²) >= 11 is 0. The summed E-state index contributed by atoms with van der Waals surface area (Å²) in [6, 6.07) is 25.3. The highest BCUT2D eigenvalue weighted by atomic mass is 16.5. The number of fused-ring (bicyclic) bond motifs is 1. The van der Waals surface area contributed by atoms with Gasteiger partial charge < -0.3 is 9.64 Å². The molecule has 0 saturated heterocycles. The summed E-state index contributed by atoms with van der Waals surface area (Å²) in [7, 11) is 1.69. The Morgan fingerprint density at radius 3 is 2.29 bits per heavy atom. The molecule has 0 N–H and O–H groups in total. The second-order valence-corrected chi connectivity index (χ2v) is 7.25. The Balaban J connectivity index is 1.70. The van der Waals surface area contributed by atoms with Crippen LogP contribution in [-0.2, 0) is 4.79 Å². The van der Waals surface area contributed by atoms with Gasteiger partial charge in [-0.1, -0.05) is 48.5 Å². The van der Waals surface area contributed by atoms with E-state index in [4.69, 9.17) is 9.72 Å². The van der Waals surface area contributed by atoms with Crippen molar-refractivity contribution in [3.05, 3.63) is 101 Å². The molecule has 0 aliphatic carbocycles. The number of para-hydroxylation sites is 3. The molecule has 156 valence electrons. The molecule has 6 heteroatoms. The number of hydrogen-bond acceptors (Lipinski definition) is 4. The second-order valence-electron chi connectivity index (χ2n) is 7.25. The topological polar surface area (TPSA) is 64.4 Å². The zero-order chi connectivity index (χ0) is 21.8. The predicted octanol–water partition coefficient (Wildman–Crippen LogP) is 3.98. The molecule has 0 radical (unpaired) electrons. The molecule has 1 unspecified atom stereocenters. The Hall–Kier alpha value is -3.93. The number of carbonyl (C=O) groups excluding carboxylic acids is 1. The number of benzene rings is 3. The van der Waals surface area contributed by atoms with Crippen molar-refractivity contribution in [2.24, 2.45) is 0 Å². The quantitative estimate of drug-likeness (QED) is 0.480. The smallest absolute Gasteiger partial charge is 0.266 e. The van der Waals surface area contributed by atoms with Gasteiger partial charge >= 0.3 is 0 Å². The van der Waals surface area contributed by atoms with Crippen molar-refractivity contribution in [1.29, 1.82) is 0 Å². The predicted molar refractivity (Wildman–Crippen MR) is 120 cm³/mol. The van der Waals surface area contributed by atoms with Gasteiger partial charge in [0.15, 0.2) is 6.61 Å². The van der Waals surface area contributed by atoms with Crippen LogP contribution in [0, 0.1) is 0 Å². The zero-order valence-corrected chi connectivity index (χ0v) is 17.4. The van der Waals surface area contributed by atoms with E-state index in [1.54, 1.807) is 34.7 Å². The average Bonchev–Trinajstić information content (AvgIpc) is 2.82. The Kier molecular flexibility index (Phi) is 5.80. The highest BCUT2D eigenvalue weighted by Gasteiger charge is 2.24. The van der Waals surface area contributed by atoms with E-state index in [-0.39, 0.29) is 18.1 Å². The van der Waals surface area contributed by atoms with Crippen LogP contribution in [0.15, 0.2) is 89.7 Å². The van der Waals surface area contributed by atoms with Crippen molar-refractivity contribution >= 4 is 16.8 Å². The fourth-order valence-electron chi connectivity index (χ4n) is 3.41. The third-order valence-corrected chi connectivity index (χ3v) is 5.27. The SMILES string of the molecule is CC(c1nc2ccccc2c(=O)n1-c1ccccc1)N(C)C(=O)COc1ccccc1. The minimum atomic E-state index is -0.454. The van der Waals surface area contributed by atoms with Gasteiger partial charge in [0.05, 0.1) is 22.6 Å². The summed E-state index contributed by atoms with van der Waals surface area (Å²) in [5, 5.41) is 0.531. The molecule has 6 nitrogen and oxygen atoms in total. The fourth-order valence-corrected chi connectivity index (χ4v) is 3.41. The molecule has 0 bridgehead atoms. The largest absolute Gasteiger partial charge is 0.484 e. The van der Waals surface area contributed by atoms with Crippen LogP contribution in [0.4, 0.5) is 0 Å². The minimum Gasteiger partial charge on any atom is -0.484 e. The molecule has 0 spiro atoms. The van der Waals surface area contributed by atoms with Gasteiger partial charge in [-0.05, 0) is 43.3 Å². The van der Waals surface area contributed by atoms with E-state index in [1.165, 1.54) is 0 Å². The molecular formula is C25H23N3O3. The maximum Gasteiger partial charge on any atom is 0.266 e. The molecular weight excluding hydrogens is 390 g/mol. The summed E-state index contributed by atoms with van der Waals surface area (Å²) in [5.74, 6) is 0.908. The van der Waals surface area contributed by atoms with E-state index in [0.29, 0.717) is 28.2 Å². The van der Waals surface area contributed by atoms with Gasteiger partial charge in [-0.2, -0.15) is 0 Å². The maximum atomic E-state index is 13.4. The first-order valence-corrected chi connectivity index (χ1v) is 10.1. The monoisotopic (exact) mass is 413 g/mol. The van der Waals surface area contributed by atoms with Gasteiger partial charge in [0.1, 0.15) is 11.6 Å². The van der Waals surface area contributed by atoms with Crippen LogP contribution in [0.3, 0.4) is 0 Å². The van der Waals surface area contributed by atoms with E-state index in [0.717, 1.165) is 0 Å². The maximum absolute atomic E-state index is 13.4. The molecule has 0 saturated carbocycles. The van der Waals surface area contributed by atoms with Gasteiger partial charge in [0, 0.05) is 7.05 Å². The van der Waals surface area contributed by atoms with Crippen molar-refractivity contribution in [2.75, 3.05) is 13.7 Å². The van der Waals surface area contributed by atoms with Gasteiger partial charge in [0.25, 0.3) is 11.5 Å². The number of likely N-dealkylation sites (N-methyl/N-ethyl adjacent to an activating group) is 1. The average molecular weight is 413 g/mol. The number of carbonyl (C=O) groups is 1.